The number of nitrogens with one attached hydrogen (secondary N) is 1. The molecule has 1 amide bonds. The van der Waals surface area contributed by atoms with Gasteiger partial charge in [0, 0.05) is 23.4 Å². The first kappa shape index (κ1) is 15.5. The number of halogens is 1. The van der Waals surface area contributed by atoms with Crippen LogP contribution in [0.2, 0.25) is 4.34 Å². The van der Waals surface area contributed by atoms with E-state index in [0.717, 1.165) is 28.6 Å². The Balaban J connectivity index is 2.03. The van der Waals surface area contributed by atoms with Crippen LogP contribution in [0.4, 0.5) is 0 Å². The summed E-state index contributed by atoms with van der Waals surface area (Å²) in [7, 11) is 0. The lowest BCUT2D eigenvalue weighted by Gasteiger charge is -2.31. The van der Waals surface area contributed by atoms with Crippen LogP contribution >= 0.6 is 22.9 Å². The molecule has 1 saturated heterocycles. The van der Waals surface area contributed by atoms with Crippen LogP contribution in [-0.2, 0) is 11.3 Å². The summed E-state index contributed by atoms with van der Waals surface area (Å²) in [5.41, 5.74) is 0. The maximum Gasteiger partial charge on any atom is 0.226 e. The normalized spacial score (nSPS) is 22.5. The van der Waals surface area contributed by atoms with E-state index in [2.05, 4.69) is 18.8 Å². The van der Waals surface area contributed by atoms with Crippen molar-refractivity contribution < 1.29 is 4.79 Å². The average Bonchev–Trinajstić information content (AvgIpc) is 2.83. The van der Waals surface area contributed by atoms with E-state index in [1.807, 2.05) is 17.0 Å². The standard InChI is InChI=1S/C15H21ClN2OS/c1-3-8-18(10-13-4-5-14(16)20-13)15(19)12-6-7-17-11(2)9-12/h3-5,11-12,17H,1,6-10H2,2H3/t11-,12-/m0/s1. The molecule has 1 aliphatic rings. The molecule has 0 bridgehead atoms. The van der Waals surface area contributed by atoms with E-state index in [4.69, 9.17) is 11.6 Å². The smallest absolute Gasteiger partial charge is 0.226 e. The van der Waals surface area contributed by atoms with Gasteiger partial charge in [0.2, 0.25) is 5.91 Å². The molecule has 0 aromatic carbocycles. The van der Waals surface area contributed by atoms with Gasteiger partial charge in [0.1, 0.15) is 0 Å². The van der Waals surface area contributed by atoms with Crippen molar-refractivity contribution in [2.24, 2.45) is 5.92 Å². The lowest BCUT2D eigenvalue weighted by molar-refractivity contribution is -0.136. The highest BCUT2D eigenvalue weighted by Gasteiger charge is 2.28. The number of amides is 1. The van der Waals surface area contributed by atoms with Crippen molar-refractivity contribution in [3.8, 4) is 0 Å². The Morgan fingerprint density at radius 2 is 2.45 bits per heavy atom. The number of carbonyl (C=O) groups excluding carboxylic acids is 1. The summed E-state index contributed by atoms with van der Waals surface area (Å²) >= 11 is 7.49. The second kappa shape index (κ2) is 7.25. The van der Waals surface area contributed by atoms with Crippen molar-refractivity contribution in [1.82, 2.24) is 10.2 Å². The molecule has 2 heterocycles. The molecule has 3 nitrogen and oxygen atoms in total. The summed E-state index contributed by atoms with van der Waals surface area (Å²) < 4.78 is 0.765. The summed E-state index contributed by atoms with van der Waals surface area (Å²) in [4.78, 5) is 15.7. The number of piperidine rings is 1. The maximum absolute atomic E-state index is 12.7. The summed E-state index contributed by atoms with van der Waals surface area (Å²) in [6.07, 6.45) is 3.62. The first-order valence-electron chi connectivity index (χ1n) is 6.97. The van der Waals surface area contributed by atoms with Gasteiger partial charge in [0.05, 0.1) is 10.9 Å². The van der Waals surface area contributed by atoms with Gasteiger partial charge in [-0.2, -0.15) is 0 Å². The first-order chi connectivity index (χ1) is 9.60. The second-order valence-electron chi connectivity index (χ2n) is 5.29. The molecule has 1 fully saturated rings. The quantitative estimate of drug-likeness (QED) is 0.846. The minimum atomic E-state index is 0.127. The fraction of sp³-hybridized carbons (Fsp3) is 0.533. The van der Waals surface area contributed by atoms with Gasteiger partial charge in [-0.3, -0.25) is 4.79 Å². The molecule has 2 atom stereocenters. The molecule has 0 saturated carbocycles. The van der Waals surface area contributed by atoms with E-state index in [9.17, 15) is 4.79 Å². The number of carbonyl (C=O) groups is 1. The molecule has 1 aromatic rings. The van der Waals surface area contributed by atoms with Gasteiger partial charge < -0.3 is 10.2 Å². The van der Waals surface area contributed by atoms with Crippen molar-refractivity contribution in [2.45, 2.75) is 32.4 Å². The summed E-state index contributed by atoms with van der Waals surface area (Å²) in [6, 6.07) is 4.28. The zero-order valence-corrected chi connectivity index (χ0v) is 13.3. The minimum Gasteiger partial charge on any atom is -0.334 e. The molecule has 1 aromatic heterocycles. The monoisotopic (exact) mass is 312 g/mol. The summed E-state index contributed by atoms with van der Waals surface area (Å²) in [5, 5.41) is 3.38. The zero-order valence-electron chi connectivity index (χ0n) is 11.8. The minimum absolute atomic E-state index is 0.127. The maximum atomic E-state index is 12.7. The predicted molar refractivity (Wildman–Crippen MR) is 85.1 cm³/mol. The molecular formula is C15H21ClN2OS. The lowest BCUT2D eigenvalue weighted by atomic mass is 9.92. The van der Waals surface area contributed by atoms with Crippen molar-refractivity contribution in [1.29, 1.82) is 0 Å². The van der Waals surface area contributed by atoms with Gasteiger partial charge >= 0.3 is 0 Å². The molecule has 0 radical (unpaired) electrons. The molecule has 2 rings (SSSR count). The van der Waals surface area contributed by atoms with Crippen molar-refractivity contribution >= 4 is 28.8 Å². The number of thiophene rings is 1. The fourth-order valence-electron chi connectivity index (χ4n) is 2.63. The highest BCUT2D eigenvalue weighted by molar-refractivity contribution is 7.16. The Hall–Kier alpha value is -0.840. The van der Waals surface area contributed by atoms with Crippen LogP contribution in [0.1, 0.15) is 24.6 Å². The van der Waals surface area contributed by atoms with E-state index in [0.29, 0.717) is 19.1 Å². The number of rotatable bonds is 5. The van der Waals surface area contributed by atoms with E-state index in [-0.39, 0.29) is 11.8 Å². The second-order valence-corrected chi connectivity index (χ2v) is 7.09. The van der Waals surface area contributed by atoms with Crippen molar-refractivity contribution in [3.05, 3.63) is 34.0 Å². The third-order valence-electron chi connectivity index (χ3n) is 3.61. The predicted octanol–water partition coefficient (Wildman–Crippen LogP) is 3.30. The molecule has 1 N–H and O–H groups in total. The fourth-order valence-corrected chi connectivity index (χ4v) is 3.73. The van der Waals surface area contributed by atoms with E-state index >= 15 is 0 Å². The van der Waals surface area contributed by atoms with Gasteiger partial charge in [-0.1, -0.05) is 17.7 Å². The number of hydrogen-bond acceptors (Lipinski definition) is 3. The molecule has 5 heteroatoms. The molecule has 0 unspecified atom stereocenters. The van der Waals surface area contributed by atoms with Crippen LogP contribution in [0.25, 0.3) is 0 Å². The van der Waals surface area contributed by atoms with Crippen LogP contribution in [-0.4, -0.2) is 29.9 Å². The Morgan fingerprint density at radius 1 is 1.65 bits per heavy atom. The largest absolute Gasteiger partial charge is 0.334 e. The zero-order chi connectivity index (χ0) is 14.5. The Morgan fingerprint density at radius 3 is 3.05 bits per heavy atom. The van der Waals surface area contributed by atoms with Gasteiger partial charge in [0.25, 0.3) is 0 Å². The third kappa shape index (κ3) is 4.08. The molecule has 110 valence electrons. The van der Waals surface area contributed by atoms with Gasteiger partial charge in [-0.05, 0) is 38.4 Å². The van der Waals surface area contributed by atoms with Crippen molar-refractivity contribution in [3.63, 3.8) is 0 Å². The highest BCUT2D eigenvalue weighted by atomic mass is 35.5. The Labute approximate surface area is 129 Å². The van der Waals surface area contributed by atoms with E-state index in [1.54, 1.807) is 6.08 Å². The average molecular weight is 313 g/mol. The molecular weight excluding hydrogens is 292 g/mol. The molecule has 20 heavy (non-hydrogen) atoms. The molecule has 1 aliphatic heterocycles. The highest BCUT2D eigenvalue weighted by Crippen LogP contribution is 2.25. The summed E-state index contributed by atoms with van der Waals surface area (Å²) in [5.74, 6) is 0.365. The van der Waals surface area contributed by atoms with Crippen LogP contribution in [0.3, 0.4) is 0 Å². The number of nitrogens with zero attached hydrogens (tertiary/aromatic N) is 1. The Kier molecular flexibility index (Phi) is 5.64. The van der Waals surface area contributed by atoms with E-state index < -0.39 is 0 Å². The SMILES string of the molecule is C=CCN(Cc1ccc(Cl)s1)C(=O)[C@H]1CCN[C@@H](C)C1. The van der Waals surface area contributed by atoms with E-state index in [1.165, 1.54) is 11.3 Å². The third-order valence-corrected chi connectivity index (χ3v) is 4.83. The van der Waals surface area contributed by atoms with Crippen LogP contribution in [0, 0.1) is 5.92 Å². The Bertz CT molecular complexity index is 474. The van der Waals surface area contributed by atoms with Crippen LogP contribution in [0.5, 0.6) is 0 Å². The number of hydrogen-bond donors (Lipinski definition) is 1. The summed E-state index contributed by atoms with van der Waals surface area (Å²) in [6.45, 7) is 8.03. The van der Waals surface area contributed by atoms with Crippen LogP contribution < -0.4 is 5.32 Å². The molecule has 0 spiro atoms. The first-order valence-corrected chi connectivity index (χ1v) is 8.17. The molecule has 0 aliphatic carbocycles. The van der Waals surface area contributed by atoms with Crippen LogP contribution in [0.15, 0.2) is 24.8 Å². The lowest BCUT2D eigenvalue weighted by Crippen LogP contribution is -2.44. The van der Waals surface area contributed by atoms with Crippen molar-refractivity contribution in [2.75, 3.05) is 13.1 Å². The topological polar surface area (TPSA) is 32.3 Å². The van der Waals surface area contributed by atoms with Gasteiger partial charge in [0.15, 0.2) is 0 Å². The van der Waals surface area contributed by atoms with Gasteiger partial charge in [-0.15, -0.1) is 17.9 Å². The van der Waals surface area contributed by atoms with Gasteiger partial charge in [-0.25, -0.2) is 0 Å².